The molecule has 2 aromatic heterocycles. The van der Waals surface area contributed by atoms with E-state index in [-0.39, 0.29) is 23.8 Å². The highest BCUT2D eigenvalue weighted by Gasteiger charge is 2.28. The molecule has 0 spiro atoms. The van der Waals surface area contributed by atoms with Gasteiger partial charge in [-0.25, -0.2) is 9.50 Å². The van der Waals surface area contributed by atoms with Crippen LogP contribution in [-0.2, 0) is 22.4 Å². The number of nitrogens with zero attached hydrogens (tertiary/aromatic N) is 3. The lowest BCUT2D eigenvalue weighted by Crippen LogP contribution is -2.49. The summed E-state index contributed by atoms with van der Waals surface area (Å²) >= 11 is 0. The Labute approximate surface area is 180 Å². The van der Waals surface area contributed by atoms with Gasteiger partial charge in [0.05, 0.1) is 6.42 Å². The van der Waals surface area contributed by atoms with E-state index in [0.717, 1.165) is 42.8 Å². The second kappa shape index (κ2) is 8.75. The van der Waals surface area contributed by atoms with Gasteiger partial charge in [-0.1, -0.05) is 30.3 Å². The Morgan fingerprint density at radius 2 is 1.87 bits per heavy atom. The summed E-state index contributed by atoms with van der Waals surface area (Å²) in [5.41, 5.74) is 3.47. The molecule has 4 rings (SSSR count). The lowest BCUT2D eigenvalue weighted by atomic mass is 10.0. The number of aromatic nitrogens is 3. The molecule has 1 aliphatic heterocycles. The number of carbonyl (C=O) groups is 2. The van der Waals surface area contributed by atoms with E-state index in [1.165, 1.54) is 6.07 Å². The van der Waals surface area contributed by atoms with E-state index in [0.29, 0.717) is 17.8 Å². The summed E-state index contributed by atoms with van der Waals surface area (Å²) in [6.45, 7) is 5.14. The van der Waals surface area contributed by atoms with Gasteiger partial charge in [-0.15, -0.1) is 0 Å². The zero-order chi connectivity index (χ0) is 22.0. The van der Waals surface area contributed by atoms with E-state index in [9.17, 15) is 14.4 Å². The van der Waals surface area contributed by atoms with Crippen LogP contribution in [-0.4, -0.2) is 50.4 Å². The van der Waals surface area contributed by atoms with E-state index >= 15 is 0 Å². The molecule has 1 fully saturated rings. The Kier molecular flexibility index (Phi) is 5.88. The zero-order valence-corrected chi connectivity index (χ0v) is 17.9. The molecule has 0 aliphatic carbocycles. The van der Waals surface area contributed by atoms with Crippen LogP contribution < -0.4 is 10.9 Å². The van der Waals surface area contributed by atoms with E-state index < -0.39 is 6.04 Å². The first kappa shape index (κ1) is 20.8. The average molecular weight is 422 g/mol. The summed E-state index contributed by atoms with van der Waals surface area (Å²) in [5, 5.41) is 5.66. The molecule has 8 heteroatoms. The highest BCUT2D eigenvalue weighted by molar-refractivity contribution is 5.89. The summed E-state index contributed by atoms with van der Waals surface area (Å²) in [6, 6.07) is 10.5. The summed E-state index contributed by atoms with van der Waals surface area (Å²) in [7, 11) is 0. The predicted molar refractivity (Wildman–Crippen MR) is 117 cm³/mol. The molecule has 3 aromatic rings. The standard InChI is InChI=1S/C23H27N5O3/c1-15-18(16(2)28-20(24-15)14-22(30)26-28)13-21(29)25-19(12-17-8-4-3-5-9-17)23(31)27-10-6-7-11-27/h3-5,8-9,14,19H,6-7,10-13H2,1-2H3,(H,25,29)(H,26,30). The Balaban J connectivity index is 1.55. The predicted octanol–water partition coefficient (Wildman–Crippen LogP) is 1.53. The molecule has 2 amide bonds. The molecule has 2 N–H and O–H groups in total. The monoisotopic (exact) mass is 421 g/mol. The van der Waals surface area contributed by atoms with Crippen molar-refractivity contribution in [3.63, 3.8) is 0 Å². The number of aromatic amines is 1. The van der Waals surface area contributed by atoms with Crippen molar-refractivity contribution >= 4 is 17.5 Å². The van der Waals surface area contributed by atoms with E-state index in [1.807, 2.05) is 49.1 Å². The van der Waals surface area contributed by atoms with Gasteiger partial charge in [0, 0.05) is 42.5 Å². The molecule has 1 aromatic carbocycles. The summed E-state index contributed by atoms with van der Waals surface area (Å²) in [4.78, 5) is 44.0. The van der Waals surface area contributed by atoms with Gasteiger partial charge in [0.15, 0.2) is 5.65 Å². The number of amides is 2. The van der Waals surface area contributed by atoms with Crippen LogP contribution in [0.15, 0.2) is 41.2 Å². The average Bonchev–Trinajstić information content (AvgIpc) is 3.40. The van der Waals surface area contributed by atoms with Gasteiger partial charge in [-0.3, -0.25) is 19.5 Å². The minimum Gasteiger partial charge on any atom is -0.344 e. The van der Waals surface area contributed by atoms with E-state index in [1.54, 1.807) is 4.52 Å². The number of aryl methyl sites for hydroxylation is 2. The number of fused-ring (bicyclic) bond motifs is 1. The minimum absolute atomic E-state index is 0.0357. The molecular weight excluding hydrogens is 394 g/mol. The van der Waals surface area contributed by atoms with Crippen molar-refractivity contribution in [3.8, 4) is 0 Å². The minimum atomic E-state index is -0.614. The van der Waals surface area contributed by atoms with Crippen LogP contribution in [0.25, 0.3) is 5.65 Å². The fourth-order valence-corrected chi connectivity index (χ4v) is 4.23. The van der Waals surface area contributed by atoms with Crippen LogP contribution in [0.1, 0.15) is 35.4 Å². The largest absolute Gasteiger partial charge is 0.344 e. The van der Waals surface area contributed by atoms with Gasteiger partial charge in [0.2, 0.25) is 11.8 Å². The summed E-state index contributed by atoms with van der Waals surface area (Å²) < 4.78 is 1.59. The maximum Gasteiger partial charge on any atom is 0.266 e. The van der Waals surface area contributed by atoms with Gasteiger partial charge in [0.25, 0.3) is 5.56 Å². The Morgan fingerprint density at radius 3 is 2.58 bits per heavy atom. The van der Waals surface area contributed by atoms with Gasteiger partial charge in [-0.2, -0.15) is 0 Å². The van der Waals surface area contributed by atoms with Crippen molar-refractivity contribution in [1.29, 1.82) is 0 Å². The molecule has 0 bridgehead atoms. The van der Waals surface area contributed by atoms with Crippen molar-refractivity contribution in [2.24, 2.45) is 0 Å². The van der Waals surface area contributed by atoms with Gasteiger partial charge in [0.1, 0.15) is 6.04 Å². The molecule has 31 heavy (non-hydrogen) atoms. The van der Waals surface area contributed by atoms with Crippen molar-refractivity contribution in [1.82, 2.24) is 24.8 Å². The third-order valence-electron chi connectivity index (χ3n) is 5.87. The lowest BCUT2D eigenvalue weighted by molar-refractivity contribution is -0.135. The summed E-state index contributed by atoms with van der Waals surface area (Å²) in [5.74, 6) is -0.276. The van der Waals surface area contributed by atoms with Crippen LogP contribution in [0.3, 0.4) is 0 Å². The van der Waals surface area contributed by atoms with E-state index in [4.69, 9.17) is 0 Å². The van der Waals surface area contributed by atoms with E-state index in [2.05, 4.69) is 15.4 Å². The fourth-order valence-electron chi connectivity index (χ4n) is 4.23. The first-order chi connectivity index (χ1) is 14.9. The normalized spacial score (nSPS) is 14.7. The molecule has 0 radical (unpaired) electrons. The number of carbonyl (C=O) groups excluding carboxylic acids is 2. The van der Waals surface area contributed by atoms with Gasteiger partial charge in [-0.05, 0) is 32.3 Å². The topological polar surface area (TPSA) is 99.6 Å². The number of hydrogen-bond acceptors (Lipinski definition) is 4. The van der Waals surface area contributed by atoms with Crippen molar-refractivity contribution in [2.45, 2.75) is 45.6 Å². The fraction of sp³-hybridized carbons (Fsp3) is 0.391. The number of H-pyrrole nitrogens is 1. The molecule has 1 unspecified atom stereocenters. The second-order valence-electron chi connectivity index (χ2n) is 8.09. The Morgan fingerprint density at radius 1 is 1.16 bits per heavy atom. The number of likely N-dealkylation sites (tertiary alicyclic amines) is 1. The smallest absolute Gasteiger partial charge is 0.266 e. The SMILES string of the molecule is Cc1nc2cc(=O)[nH]n2c(C)c1CC(=O)NC(Cc1ccccc1)C(=O)N1CCCC1. The molecule has 162 valence electrons. The first-order valence-electron chi connectivity index (χ1n) is 10.6. The van der Waals surface area contributed by atoms with Crippen LogP contribution >= 0.6 is 0 Å². The lowest BCUT2D eigenvalue weighted by Gasteiger charge is -2.24. The van der Waals surface area contributed by atoms with Crippen LogP contribution in [0.2, 0.25) is 0 Å². The Bertz CT molecular complexity index is 1160. The molecule has 1 aliphatic rings. The third-order valence-corrected chi connectivity index (χ3v) is 5.87. The third kappa shape index (κ3) is 4.52. The van der Waals surface area contributed by atoms with Crippen molar-refractivity contribution in [3.05, 3.63) is 69.3 Å². The van der Waals surface area contributed by atoms with Gasteiger partial charge >= 0.3 is 0 Å². The number of nitrogens with one attached hydrogen (secondary N) is 2. The number of benzene rings is 1. The molecule has 3 heterocycles. The second-order valence-corrected chi connectivity index (χ2v) is 8.09. The molecule has 0 saturated carbocycles. The van der Waals surface area contributed by atoms with Crippen molar-refractivity contribution in [2.75, 3.05) is 13.1 Å². The number of rotatable bonds is 6. The first-order valence-corrected chi connectivity index (χ1v) is 10.6. The van der Waals surface area contributed by atoms with Crippen LogP contribution in [0.5, 0.6) is 0 Å². The number of hydrogen-bond donors (Lipinski definition) is 2. The Hall–Kier alpha value is -3.42. The maximum absolute atomic E-state index is 13.1. The summed E-state index contributed by atoms with van der Waals surface area (Å²) in [6.07, 6.45) is 2.52. The molecular formula is C23H27N5O3. The van der Waals surface area contributed by atoms with Crippen LogP contribution in [0.4, 0.5) is 0 Å². The molecule has 1 atom stereocenters. The van der Waals surface area contributed by atoms with Gasteiger partial charge < -0.3 is 10.2 Å². The molecule has 8 nitrogen and oxygen atoms in total. The quantitative estimate of drug-likeness (QED) is 0.631. The van der Waals surface area contributed by atoms with Crippen LogP contribution in [0, 0.1) is 13.8 Å². The highest BCUT2D eigenvalue weighted by Crippen LogP contribution is 2.15. The highest BCUT2D eigenvalue weighted by atomic mass is 16.2. The zero-order valence-electron chi connectivity index (χ0n) is 17.9. The maximum atomic E-state index is 13.1. The van der Waals surface area contributed by atoms with Crippen molar-refractivity contribution < 1.29 is 9.59 Å². The molecule has 1 saturated heterocycles.